The molecule has 2 atom stereocenters. The van der Waals surface area contributed by atoms with Gasteiger partial charge in [0, 0.05) is 97.8 Å². The highest BCUT2D eigenvalue weighted by molar-refractivity contribution is 6.32. The van der Waals surface area contributed by atoms with Crippen LogP contribution in [0.1, 0.15) is 65.6 Å². The van der Waals surface area contributed by atoms with Crippen LogP contribution in [0.2, 0.25) is 5.02 Å². The topological polar surface area (TPSA) is 118 Å². The number of hydrogen-bond donors (Lipinski definition) is 2. The van der Waals surface area contributed by atoms with Crippen LogP contribution in [-0.4, -0.2) is 90.3 Å². The number of carbonyl (C=O) groups excluding carboxylic acids is 4. The molecule has 0 radical (unpaired) electrons. The molecule has 3 aromatic rings. The second-order valence-electron chi connectivity index (χ2n) is 14.5. The summed E-state index contributed by atoms with van der Waals surface area (Å²) in [6.07, 6.45) is 1.70. The van der Waals surface area contributed by atoms with E-state index in [0.29, 0.717) is 71.7 Å². The molecule has 8 rings (SSSR count). The summed E-state index contributed by atoms with van der Waals surface area (Å²) >= 11 is 6.59. The number of benzene rings is 2. The van der Waals surface area contributed by atoms with Gasteiger partial charge in [-0.1, -0.05) is 23.7 Å². The largest absolute Gasteiger partial charge is 0.372 e. The van der Waals surface area contributed by atoms with Gasteiger partial charge in [-0.15, -0.1) is 0 Å². The van der Waals surface area contributed by atoms with Crippen LogP contribution in [0.4, 0.5) is 30.8 Å². The second-order valence-corrected chi connectivity index (χ2v) is 14.9. The Balaban J connectivity index is 0.915. The van der Waals surface area contributed by atoms with E-state index in [0.717, 1.165) is 43.6 Å². The van der Waals surface area contributed by atoms with Crippen molar-refractivity contribution in [3.63, 3.8) is 0 Å². The van der Waals surface area contributed by atoms with E-state index in [1.165, 1.54) is 0 Å². The van der Waals surface area contributed by atoms with Crippen molar-refractivity contribution in [3.05, 3.63) is 82.0 Å². The molecule has 5 aliphatic rings. The third-order valence-corrected chi connectivity index (χ3v) is 11.7. The first kappa shape index (κ1) is 34.3. The van der Waals surface area contributed by atoms with Gasteiger partial charge in [0.15, 0.2) is 0 Å². The van der Waals surface area contributed by atoms with Crippen molar-refractivity contribution in [1.82, 2.24) is 20.1 Å². The van der Waals surface area contributed by atoms with Gasteiger partial charge in [0.2, 0.25) is 18.2 Å². The molecule has 0 spiro atoms. The summed E-state index contributed by atoms with van der Waals surface area (Å²) in [5.74, 6) is -0.0865. The maximum Gasteiger partial charge on any atom is 0.324 e. The number of halogens is 3. The molecule has 52 heavy (non-hydrogen) atoms. The van der Waals surface area contributed by atoms with Crippen LogP contribution in [0.15, 0.2) is 54.7 Å². The molecule has 272 valence electrons. The Labute approximate surface area is 305 Å². The average molecular weight is 732 g/mol. The molecule has 3 fully saturated rings. The summed E-state index contributed by atoms with van der Waals surface area (Å²) in [5.41, 5.74) is 3.33. The van der Waals surface area contributed by atoms with E-state index in [1.807, 2.05) is 47.4 Å². The minimum atomic E-state index is -2.58. The molecule has 11 nitrogen and oxygen atoms in total. The summed E-state index contributed by atoms with van der Waals surface area (Å²) in [6, 6.07) is 14.1. The molecule has 2 aromatic carbocycles. The Hall–Kier alpha value is -4.78. The zero-order valence-electron chi connectivity index (χ0n) is 28.6. The number of hydrogen-bond acceptors (Lipinski definition) is 7. The Bertz CT molecular complexity index is 1940. The summed E-state index contributed by atoms with van der Waals surface area (Å²) < 4.78 is 28.2. The molecule has 3 saturated heterocycles. The van der Waals surface area contributed by atoms with Crippen LogP contribution < -0.4 is 20.4 Å². The number of imide groups is 1. The summed E-state index contributed by atoms with van der Waals surface area (Å²) in [5, 5.41) is 5.91. The zero-order chi connectivity index (χ0) is 36.1. The third kappa shape index (κ3) is 6.12. The lowest BCUT2D eigenvalue weighted by molar-refractivity contribution is -0.136. The van der Waals surface area contributed by atoms with E-state index < -0.39 is 30.2 Å². The van der Waals surface area contributed by atoms with Crippen LogP contribution in [0.3, 0.4) is 0 Å². The summed E-state index contributed by atoms with van der Waals surface area (Å²) in [4.78, 5) is 63.1. The Morgan fingerprint density at radius 1 is 0.962 bits per heavy atom. The smallest absolute Gasteiger partial charge is 0.324 e. The number of urea groups is 1. The highest BCUT2D eigenvalue weighted by Gasteiger charge is 2.46. The van der Waals surface area contributed by atoms with Crippen LogP contribution in [0, 0.1) is 5.92 Å². The highest BCUT2D eigenvalue weighted by Crippen LogP contribution is 2.48. The van der Waals surface area contributed by atoms with E-state index >= 15 is 0 Å². The first-order valence-corrected chi connectivity index (χ1v) is 18.4. The minimum Gasteiger partial charge on any atom is -0.372 e. The number of nitrogens with zero attached hydrogens (tertiary/aromatic N) is 5. The van der Waals surface area contributed by atoms with Crippen molar-refractivity contribution in [2.45, 2.75) is 63.0 Å². The monoisotopic (exact) mass is 731 g/mol. The lowest BCUT2D eigenvalue weighted by Crippen LogP contribution is -2.52. The quantitative estimate of drug-likeness (QED) is 0.298. The maximum atomic E-state index is 14.1. The van der Waals surface area contributed by atoms with E-state index in [-0.39, 0.29) is 30.8 Å². The number of nitrogens with one attached hydrogen (secondary N) is 2. The van der Waals surface area contributed by atoms with E-state index in [2.05, 4.69) is 20.5 Å². The van der Waals surface area contributed by atoms with Crippen LogP contribution >= 0.6 is 11.6 Å². The van der Waals surface area contributed by atoms with Gasteiger partial charge in [0.1, 0.15) is 11.9 Å². The number of aromatic nitrogens is 1. The van der Waals surface area contributed by atoms with Crippen molar-refractivity contribution in [3.8, 4) is 0 Å². The fourth-order valence-corrected chi connectivity index (χ4v) is 9.08. The lowest BCUT2D eigenvalue weighted by Gasteiger charge is -2.40. The van der Waals surface area contributed by atoms with Crippen LogP contribution in [0.5, 0.6) is 0 Å². The fraction of sp³-hybridized carbons (Fsp3) is 0.447. The standard InChI is InChI=1S/C38H40ClF2N7O4/c39-29-9-12-42-34-33(29)38(22-43-34,19-31(40)41)25-3-1-4-27(18-25)47-14-2-13-46(37(47)52)20-23-10-15-45(16-11-23)26-5-6-28-24(17-26)21-48(36(28)51)30-7-8-32(49)44-35(30)50/h1,3-6,9,12,17-18,23,30-31H,2,7-8,10-11,13-16,19-22H2,(H,42,43)(H,44,49,50). The molecular weight excluding hydrogens is 692 g/mol. The first-order valence-electron chi connectivity index (χ1n) is 18.0. The zero-order valence-corrected chi connectivity index (χ0v) is 29.4. The SMILES string of the molecule is O=C1CCC(N2Cc3cc(N4CCC(CN5CCCN(c6cccc(C7(CC(F)F)CNc8nccc(Cl)c87)c6)C5=O)CC4)ccc3C2=O)C(=O)N1. The number of pyridine rings is 1. The van der Waals surface area contributed by atoms with E-state index in [9.17, 15) is 28.0 Å². The number of carbonyl (C=O) groups is 4. The second kappa shape index (κ2) is 13.6. The van der Waals surface area contributed by atoms with Gasteiger partial charge in [-0.2, -0.15) is 0 Å². The van der Waals surface area contributed by atoms with Crippen molar-refractivity contribution >= 4 is 52.5 Å². The van der Waals surface area contributed by atoms with Gasteiger partial charge in [-0.25, -0.2) is 18.6 Å². The Morgan fingerprint density at radius 2 is 1.79 bits per heavy atom. The van der Waals surface area contributed by atoms with Crippen molar-refractivity contribution in [2.75, 3.05) is 54.4 Å². The molecule has 5 aliphatic heterocycles. The number of fused-ring (bicyclic) bond motifs is 2. The van der Waals surface area contributed by atoms with Gasteiger partial charge < -0.3 is 20.0 Å². The van der Waals surface area contributed by atoms with E-state index in [4.69, 9.17) is 11.6 Å². The molecule has 0 aliphatic carbocycles. The minimum absolute atomic E-state index is 0.0813. The van der Waals surface area contributed by atoms with Crippen molar-refractivity contribution in [1.29, 1.82) is 0 Å². The fourth-order valence-electron chi connectivity index (χ4n) is 8.76. The molecule has 2 N–H and O–H groups in total. The molecule has 1 aromatic heterocycles. The van der Waals surface area contributed by atoms with Gasteiger partial charge in [-0.3, -0.25) is 24.6 Å². The van der Waals surface area contributed by atoms with Crippen molar-refractivity contribution < 1.29 is 28.0 Å². The summed E-state index contributed by atoms with van der Waals surface area (Å²) in [7, 11) is 0. The molecule has 14 heteroatoms. The number of anilines is 3. The highest BCUT2D eigenvalue weighted by atomic mass is 35.5. The molecule has 6 heterocycles. The lowest BCUT2D eigenvalue weighted by atomic mass is 9.74. The summed E-state index contributed by atoms with van der Waals surface area (Å²) in [6.45, 7) is 4.02. The van der Waals surface area contributed by atoms with Gasteiger partial charge in [0.25, 0.3) is 5.91 Å². The normalized spacial score (nSPS) is 23.7. The van der Waals surface area contributed by atoms with E-state index in [1.54, 1.807) is 22.1 Å². The molecule has 5 amide bonds. The number of alkyl halides is 2. The Morgan fingerprint density at radius 3 is 2.58 bits per heavy atom. The van der Waals surface area contributed by atoms with Gasteiger partial charge >= 0.3 is 6.03 Å². The molecule has 0 saturated carbocycles. The van der Waals surface area contributed by atoms with Crippen molar-refractivity contribution in [2.24, 2.45) is 5.92 Å². The van der Waals surface area contributed by atoms with Crippen LogP contribution in [-0.2, 0) is 21.5 Å². The number of piperidine rings is 2. The maximum absolute atomic E-state index is 14.1. The van der Waals surface area contributed by atoms with Gasteiger partial charge in [0.05, 0.1) is 0 Å². The number of rotatable bonds is 8. The first-order chi connectivity index (χ1) is 25.1. The molecule has 2 unspecified atom stereocenters. The number of amides is 5. The Kier molecular flexibility index (Phi) is 9.01. The molecule has 0 bridgehead atoms. The third-order valence-electron chi connectivity index (χ3n) is 11.4. The van der Waals surface area contributed by atoms with Gasteiger partial charge in [-0.05, 0) is 79.1 Å². The van der Waals surface area contributed by atoms with Crippen LogP contribution in [0.25, 0.3) is 0 Å². The molecular formula is C38H40ClF2N7O4. The predicted molar refractivity (Wildman–Crippen MR) is 192 cm³/mol. The average Bonchev–Trinajstić information content (AvgIpc) is 3.67. The predicted octanol–water partition coefficient (Wildman–Crippen LogP) is 5.41.